The second-order valence-corrected chi connectivity index (χ2v) is 6.71. The molecule has 0 aromatic heterocycles. The fourth-order valence-electron chi connectivity index (χ4n) is 3.18. The maximum absolute atomic E-state index is 13.1. The van der Waals surface area contributed by atoms with Crippen LogP contribution in [0.1, 0.15) is 24.1 Å². The molecule has 0 spiro atoms. The number of carbonyl (C=O) groups excluding carboxylic acids is 3. The predicted molar refractivity (Wildman–Crippen MR) is 102 cm³/mol. The first-order chi connectivity index (χ1) is 13.0. The van der Waals surface area contributed by atoms with E-state index in [1.54, 1.807) is 11.9 Å². The minimum absolute atomic E-state index is 0.0129. The Bertz CT molecular complexity index is 823. The second kappa shape index (κ2) is 8.03. The Morgan fingerprint density at radius 3 is 2.19 bits per heavy atom. The van der Waals surface area contributed by atoms with Crippen LogP contribution in [0.5, 0.6) is 0 Å². The van der Waals surface area contributed by atoms with Crippen molar-refractivity contribution in [1.29, 1.82) is 0 Å². The highest BCUT2D eigenvalue weighted by atomic mass is 16.2. The van der Waals surface area contributed by atoms with Crippen molar-refractivity contribution in [2.45, 2.75) is 19.5 Å². The molecule has 0 radical (unpaired) electrons. The second-order valence-electron chi connectivity index (χ2n) is 6.71. The molecule has 0 N–H and O–H groups in total. The summed E-state index contributed by atoms with van der Waals surface area (Å²) in [6.07, 6.45) is 0. The quantitative estimate of drug-likeness (QED) is 0.740. The standard InChI is InChI=1S/C21H23N3O3/c1-16(18-11-7-4-8-12-18)23(13-17-9-5-3-6-10-17)20(26)15-24-19(25)14-22(2)21(24)27/h3-12,16H,13-15H2,1-2H3/t16-/m0/s1. The Morgan fingerprint density at radius 2 is 1.63 bits per heavy atom. The van der Waals surface area contributed by atoms with Crippen molar-refractivity contribution < 1.29 is 14.4 Å². The van der Waals surface area contributed by atoms with Gasteiger partial charge in [-0.25, -0.2) is 4.79 Å². The van der Waals surface area contributed by atoms with Gasteiger partial charge in [0.1, 0.15) is 13.1 Å². The summed E-state index contributed by atoms with van der Waals surface area (Å²) in [4.78, 5) is 41.3. The van der Waals surface area contributed by atoms with E-state index < -0.39 is 6.03 Å². The zero-order chi connectivity index (χ0) is 19.4. The third kappa shape index (κ3) is 4.16. The summed E-state index contributed by atoms with van der Waals surface area (Å²) in [6, 6.07) is 18.8. The molecule has 2 aromatic rings. The van der Waals surface area contributed by atoms with Crippen molar-refractivity contribution in [3.05, 3.63) is 71.8 Å². The van der Waals surface area contributed by atoms with E-state index in [1.807, 2.05) is 67.6 Å². The number of benzene rings is 2. The highest BCUT2D eigenvalue weighted by Gasteiger charge is 2.36. The van der Waals surface area contributed by atoms with Gasteiger partial charge in [-0.2, -0.15) is 0 Å². The summed E-state index contributed by atoms with van der Waals surface area (Å²) in [5.41, 5.74) is 1.99. The van der Waals surface area contributed by atoms with Gasteiger partial charge in [0.05, 0.1) is 6.04 Å². The molecule has 1 saturated heterocycles. The highest BCUT2D eigenvalue weighted by molar-refractivity contribution is 6.04. The molecule has 140 valence electrons. The molecule has 1 aliphatic heterocycles. The Hall–Kier alpha value is -3.15. The van der Waals surface area contributed by atoms with E-state index in [4.69, 9.17) is 0 Å². The van der Waals surface area contributed by atoms with E-state index in [0.29, 0.717) is 6.54 Å². The first kappa shape index (κ1) is 18.6. The van der Waals surface area contributed by atoms with Gasteiger partial charge in [-0.1, -0.05) is 60.7 Å². The molecule has 4 amide bonds. The molecule has 0 bridgehead atoms. The van der Waals surface area contributed by atoms with Crippen LogP contribution in [0.3, 0.4) is 0 Å². The minimum Gasteiger partial charge on any atom is -0.330 e. The zero-order valence-corrected chi connectivity index (χ0v) is 15.5. The number of amides is 4. The lowest BCUT2D eigenvalue weighted by atomic mass is 10.1. The molecule has 2 aromatic carbocycles. The third-order valence-electron chi connectivity index (χ3n) is 4.79. The molecule has 0 aliphatic carbocycles. The summed E-state index contributed by atoms with van der Waals surface area (Å²) < 4.78 is 0. The maximum atomic E-state index is 13.1. The monoisotopic (exact) mass is 365 g/mol. The van der Waals surface area contributed by atoms with Crippen LogP contribution in [0.4, 0.5) is 4.79 Å². The summed E-state index contributed by atoms with van der Waals surface area (Å²) >= 11 is 0. The van der Waals surface area contributed by atoms with Gasteiger partial charge in [-0.15, -0.1) is 0 Å². The first-order valence-electron chi connectivity index (χ1n) is 8.91. The molecular weight excluding hydrogens is 342 g/mol. The molecule has 1 atom stereocenters. The number of hydrogen-bond donors (Lipinski definition) is 0. The van der Waals surface area contributed by atoms with Crippen LogP contribution in [-0.4, -0.2) is 52.7 Å². The van der Waals surface area contributed by atoms with Crippen molar-refractivity contribution in [1.82, 2.24) is 14.7 Å². The van der Waals surface area contributed by atoms with Crippen LogP contribution in [0.15, 0.2) is 60.7 Å². The lowest BCUT2D eigenvalue weighted by Crippen LogP contribution is -2.43. The van der Waals surface area contributed by atoms with E-state index in [-0.39, 0.29) is 30.9 Å². The molecule has 3 rings (SSSR count). The molecule has 6 nitrogen and oxygen atoms in total. The van der Waals surface area contributed by atoms with E-state index in [9.17, 15) is 14.4 Å². The van der Waals surface area contributed by atoms with Crippen LogP contribution >= 0.6 is 0 Å². The summed E-state index contributed by atoms with van der Waals surface area (Å²) in [6.45, 7) is 2.13. The Morgan fingerprint density at radius 1 is 1.04 bits per heavy atom. The van der Waals surface area contributed by atoms with Gasteiger partial charge in [0, 0.05) is 13.6 Å². The number of rotatable bonds is 6. The molecule has 0 unspecified atom stereocenters. The van der Waals surface area contributed by atoms with E-state index >= 15 is 0 Å². The smallest absolute Gasteiger partial charge is 0.327 e. The lowest BCUT2D eigenvalue weighted by Gasteiger charge is -2.31. The first-order valence-corrected chi connectivity index (χ1v) is 8.91. The van der Waals surface area contributed by atoms with Crippen molar-refractivity contribution in [3.8, 4) is 0 Å². The fraction of sp³-hybridized carbons (Fsp3) is 0.286. The molecule has 27 heavy (non-hydrogen) atoms. The van der Waals surface area contributed by atoms with Crippen molar-refractivity contribution in [2.24, 2.45) is 0 Å². The van der Waals surface area contributed by atoms with Crippen LogP contribution < -0.4 is 0 Å². The normalized spacial score (nSPS) is 15.2. The predicted octanol–water partition coefficient (Wildman–Crippen LogP) is 2.67. The van der Waals surface area contributed by atoms with Crippen LogP contribution in [0.25, 0.3) is 0 Å². The van der Waals surface area contributed by atoms with Crippen LogP contribution in [-0.2, 0) is 16.1 Å². The van der Waals surface area contributed by atoms with Crippen LogP contribution in [0, 0.1) is 0 Å². The molecule has 0 saturated carbocycles. The molecular formula is C21H23N3O3. The minimum atomic E-state index is -0.430. The summed E-state index contributed by atoms with van der Waals surface area (Å²) in [5, 5.41) is 0. The lowest BCUT2D eigenvalue weighted by molar-refractivity contribution is -0.138. The molecule has 1 heterocycles. The van der Waals surface area contributed by atoms with E-state index in [2.05, 4.69) is 0 Å². The third-order valence-corrected chi connectivity index (χ3v) is 4.79. The number of carbonyl (C=O) groups is 3. The zero-order valence-electron chi connectivity index (χ0n) is 15.5. The highest BCUT2D eigenvalue weighted by Crippen LogP contribution is 2.23. The van der Waals surface area contributed by atoms with Crippen molar-refractivity contribution in [2.75, 3.05) is 20.1 Å². The fourth-order valence-corrected chi connectivity index (χ4v) is 3.18. The Kier molecular flexibility index (Phi) is 5.54. The van der Waals surface area contributed by atoms with Crippen molar-refractivity contribution >= 4 is 17.8 Å². The largest absolute Gasteiger partial charge is 0.330 e. The molecule has 6 heteroatoms. The number of imide groups is 1. The van der Waals surface area contributed by atoms with Gasteiger partial charge in [0.15, 0.2) is 0 Å². The van der Waals surface area contributed by atoms with E-state index in [1.165, 1.54) is 4.90 Å². The topological polar surface area (TPSA) is 60.9 Å². The van der Waals surface area contributed by atoms with Gasteiger partial charge in [0.2, 0.25) is 5.91 Å². The molecule has 1 aliphatic rings. The van der Waals surface area contributed by atoms with Gasteiger partial charge in [0.25, 0.3) is 5.91 Å². The maximum Gasteiger partial charge on any atom is 0.327 e. The van der Waals surface area contributed by atoms with Crippen molar-refractivity contribution in [3.63, 3.8) is 0 Å². The summed E-state index contributed by atoms with van der Waals surface area (Å²) in [5.74, 6) is -0.602. The number of nitrogens with zero attached hydrogens (tertiary/aromatic N) is 3. The van der Waals surface area contributed by atoms with Gasteiger partial charge >= 0.3 is 6.03 Å². The van der Waals surface area contributed by atoms with Gasteiger partial charge in [-0.05, 0) is 18.1 Å². The van der Waals surface area contributed by atoms with Gasteiger partial charge < -0.3 is 9.80 Å². The average molecular weight is 365 g/mol. The van der Waals surface area contributed by atoms with E-state index in [0.717, 1.165) is 16.0 Å². The van der Waals surface area contributed by atoms with Gasteiger partial charge in [-0.3, -0.25) is 14.5 Å². The Balaban J connectivity index is 1.83. The Labute approximate surface area is 159 Å². The number of urea groups is 1. The number of hydrogen-bond acceptors (Lipinski definition) is 3. The van der Waals surface area contributed by atoms with Crippen LogP contribution in [0.2, 0.25) is 0 Å². The number of likely N-dealkylation sites (N-methyl/N-ethyl adjacent to an activating group) is 1. The SMILES string of the molecule is C[C@@H](c1ccccc1)N(Cc1ccccc1)C(=O)CN1C(=O)CN(C)C1=O. The summed E-state index contributed by atoms with van der Waals surface area (Å²) in [7, 11) is 1.55. The average Bonchev–Trinajstić information content (AvgIpc) is 2.93. The molecule has 1 fully saturated rings.